The van der Waals surface area contributed by atoms with E-state index < -0.39 is 5.97 Å². The van der Waals surface area contributed by atoms with Crippen molar-refractivity contribution < 1.29 is 14.6 Å². The third kappa shape index (κ3) is 3.30. The molecule has 5 nitrogen and oxygen atoms in total. The summed E-state index contributed by atoms with van der Waals surface area (Å²) in [5, 5.41) is 10.1. The first-order valence-corrected chi connectivity index (χ1v) is 7.95. The van der Waals surface area contributed by atoms with Crippen molar-refractivity contribution in [3.05, 3.63) is 10.6 Å². The van der Waals surface area contributed by atoms with E-state index in [2.05, 4.69) is 9.88 Å². The molecule has 1 aliphatic rings. The van der Waals surface area contributed by atoms with Crippen molar-refractivity contribution in [2.24, 2.45) is 0 Å². The molecule has 2 heterocycles. The van der Waals surface area contributed by atoms with Gasteiger partial charge in [-0.15, -0.1) is 0 Å². The third-order valence-corrected chi connectivity index (χ3v) is 4.55. The third-order valence-electron chi connectivity index (χ3n) is 3.43. The average Bonchev–Trinajstić information content (AvgIpc) is 2.85. The molecule has 0 spiro atoms. The molecule has 0 bridgehead atoms. The van der Waals surface area contributed by atoms with Gasteiger partial charge in [-0.1, -0.05) is 25.2 Å². The molecule has 1 aromatic rings. The molecule has 20 heavy (non-hydrogen) atoms. The lowest BCUT2D eigenvalue weighted by molar-refractivity contribution is 0.0526. The summed E-state index contributed by atoms with van der Waals surface area (Å²) in [7, 11) is 0. The van der Waals surface area contributed by atoms with Crippen LogP contribution in [0.25, 0.3) is 0 Å². The van der Waals surface area contributed by atoms with E-state index in [1.165, 1.54) is 11.3 Å². The second-order valence-corrected chi connectivity index (χ2v) is 6.31. The molecule has 0 aromatic carbocycles. The number of ether oxygens (including phenoxy) is 1. The van der Waals surface area contributed by atoms with Crippen molar-refractivity contribution in [3.63, 3.8) is 0 Å². The van der Waals surface area contributed by atoms with Crippen molar-refractivity contribution in [2.75, 3.05) is 24.6 Å². The first kappa shape index (κ1) is 15.3. The fourth-order valence-electron chi connectivity index (χ4n) is 2.48. The van der Waals surface area contributed by atoms with Gasteiger partial charge in [0.05, 0.1) is 11.8 Å². The Labute approximate surface area is 123 Å². The van der Waals surface area contributed by atoms with E-state index >= 15 is 0 Å². The van der Waals surface area contributed by atoms with Gasteiger partial charge in [0.1, 0.15) is 4.88 Å². The molecule has 2 rings (SSSR count). The van der Waals surface area contributed by atoms with Gasteiger partial charge in [0, 0.05) is 19.7 Å². The molecule has 0 amide bonds. The van der Waals surface area contributed by atoms with Gasteiger partial charge in [-0.05, 0) is 25.7 Å². The molecule has 1 aromatic heterocycles. The van der Waals surface area contributed by atoms with Gasteiger partial charge < -0.3 is 14.7 Å². The minimum atomic E-state index is -0.879. The maximum Gasteiger partial charge on any atom is 0.347 e. The fraction of sp³-hybridized carbons (Fsp3) is 0.714. The second-order valence-electron chi connectivity index (χ2n) is 5.34. The van der Waals surface area contributed by atoms with E-state index in [-0.39, 0.29) is 12.0 Å². The quantitative estimate of drug-likeness (QED) is 0.905. The van der Waals surface area contributed by atoms with Crippen LogP contribution in [0.5, 0.6) is 0 Å². The molecular formula is C14H22N2O3S. The lowest BCUT2D eigenvalue weighted by Gasteiger charge is -2.32. The van der Waals surface area contributed by atoms with Crippen LogP contribution in [0.3, 0.4) is 0 Å². The minimum Gasteiger partial charge on any atom is -0.477 e. The molecule has 1 aliphatic heterocycles. The zero-order chi connectivity index (χ0) is 14.7. The first-order chi connectivity index (χ1) is 9.52. The lowest BCUT2D eigenvalue weighted by atomic mass is 10.1. The fourth-order valence-corrected chi connectivity index (χ4v) is 3.58. The Balaban J connectivity index is 2.20. The molecule has 6 heteroatoms. The lowest BCUT2D eigenvalue weighted by Crippen LogP contribution is -2.39. The summed E-state index contributed by atoms with van der Waals surface area (Å²) in [5.74, 6) is -0.755. The molecule has 0 radical (unpaired) electrons. The summed E-state index contributed by atoms with van der Waals surface area (Å²) in [4.78, 5) is 18.4. The highest BCUT2D eigenvalue weighted by Gasteiger charge is 2.26. The number of thiazole rings is 1. The number of piperidine rings is 1. The normalized spacial score (nSPS) is 19.6. The van der Waals surface area contributed by atoms with E-state index in [0.29, 0.717) is 17.2 Å². The van der Waals surface area contributed by atoms with Crippen LogP contribution in [-0.2, 0) is 4.74 Å². The average molecular weight is 298 g/mol. The van der Waals surface area contributed by atoms with Gasteiger partial charge in [0.15, 0.2) is 5.13 Å². The molecule has 1 atom stereocenters. The van der Waals surface area contributed by atoms with Crippen LogP contribution in [0.4, 0.5) is 5.13 Å². The highest BCUT2D eigenvalue weighted by Crippen LogP contribution is 2.32. The molecular weight excluding hydrogens is 276 g/mol. The van der Waals surface area contributed by atoms with Crippen LogP contribution < -0.4 is 4.90 Å². The van der Waals surface area contributed by atoms with Gasteiger partial charge >= 0.3 is 5.97 Å². The summed E-state index contributed by atoms with van der Waals surface area (Å²) in [5.41, 5.74) is 0.691. The van der Waals surface area contributed by atoms with Crippen molar-refractivity contribution in [2.45, 2.75) is 45.6 Å². The van der Waals surface area contributed by atoms with Crippen molar-refractivity contribution >= 4 is 22.4 Å². The molecule has 1 fully saturated rings. The number of anilines is 1. The molecule has 1 unspecified atom stereocenters. The van der Waals surface area contributed by atoms with Crippen LogP contribution in [0.2, 0.25) is 0 Å². The van der Waals surface area contributed by atoms with Crippen LogP contribution >= 0.6 is 11.3 Å². The van der Waals surface area contributed by atoms with E-state index in [1.807, 2.05) is 20.8 Å². The number of carboxylic acids is 1. The molecule has 0 aliphatic carbocycles. The van der Waals surface area contributed by atoms with Crippen molar-refractivity contribution in [1.29, 1.82) is 0 Å². The predicted molar refractivity (Wildman–Crippen MR) is 80.0 cm³/mol. The van der Waals surface area contributed by atoms with Crippen LogP contribution in [0.1, 0.15) is 54.9 Å². The summed E-state index contributed by atoms with van der Waals surface area (Å²) in [6.07, 6.45) is 2.36. The number of carbonyl (C=O) groups is 1. The van der Waals surface area contributed by atoms with Gasteiger partial charge in [-0.25, -0.2) is 9.78 Å². The second kappa shape index (κ2) is 6.54. The Morgan fingerprint density at radius 3 is 2.90 bits per heavy atom. The maximum atomic E-state index is 11.3. The van der Waals surface area contributed by atoms with Crippen LogP contribution in [0, 0.1) is 0 Å². The van der Waals surface area contributed by atoms with E-state index in [1.54, 1.807) is 0 Å². The van der Waals surface area contributed by atoms with E-state index in [0.717, 1.165) is 31.1 Å². The Kier molecular flexibility index (Phi) is 4.99. The SMILES string of the molecule is CCOC1CCCN(c2nc(C(C)C)c(C(=O)O)s2)C1. The highest BCUT2D eigenvalue weighted by atomic mass is 32.1. The number of hydrogen-bond acceptors (Lipinski definition) is 5. The maximum absolute atomic E-state index is 11.3. The van der Waals surface area contributed by atoms with Gasteiger partial charge in [-0.3, -0.25) is 0 Å². The van der Waals surface area contributed by atoms with Gasteiger partial charge in [0.2, 0.25) is 0 Å². The minimum absolute atomic E-state index is 0.124. The zero-order valence-electron chi connectivity index (χ0n) is 12.3. The monoisotopic (exact) mass is 298 g/mol. The van der Waals surface area contributed by atoms with Crippen LogP contribution in [0.15, 0.2) is 0 Å². The van der Waals surface area contributed by atoms with E-state index in [9.17, 15) is 9.90 Å². The Hall–Kier alpha value is -1.14. The summed E-state index contributed by atoms with van der Waals surface area (Å²) in [6, 6.07) is 0. The molecule has 112 valence electrons. The van der Waals surface area contributed by atoms with Gasteiger partial charge in [0.25, 0.3) is 0 Å². The molecule has 1 N–H and O–H groups in total. The van der Waals surface area contributed by atoms with E-state index in [4.69, 9.17) is 4.74 Å². The Bertz CT molecular complexity index is 471. The number of aromatic carboxylic acids is 1. The largest absolute Gasteiger partial charge is 0.477 e. The van der Waals surface area contributed by atoms with Gasteiger partial charge in [-0.2, -0.15) is 0 Å². The summed E-state index contributed by atoms with van der Waals surface area (Å²) < 4.78 is 5.69. The molecule has 0 saturated carbocycles. The zero-order valence-corrected chi connectivity index (χ0v) is 13.1. The summed E-state index contributed by atoms with van der Waals surface area (Å²) >= 11 is 1.28. The number of hydrogen-bond donors (Lipinski definition) is 1. The predicted octanol–water partition coefficient (Wildman–Crippen LogP) is 2.97. The Morgan fingerprint density at radius 2 is 2.35 bits per heavy atom. The molecule has 1 saturated heterocycles. The topological polar surface area (TPSA) is 62.7 Å². The first-order valence-electron chi connectivity index (χ1n) is 7.13. The standard InChI is InChI=1S/C14H22N2O3S/c1-4-19-10-6-5-7-16(8-10)14-15-11(9(2)3)12(20-14)13(17)18/h9-10H,4-8H2,1-3H3,(H,17,18). The van der Waals surface area contributed by atoms with Crippen molar-refractivity contribution in [1.82, 2.24) is 4.98 Å². The number of nitrogens with zero attached hydrogens (tertiary/aromatic N) is 2. The smallest absolute Gasteiger partial charge is 0.347 e. The van der Waals surface area contributed by atoms with Crippen LogP contribution in [-0.4, -0.2) is 41.9 Å². The number of aromatic nitrogens is 1. The summed E-state index contributed by atoms with van der Waals surface area (Å²) in [6.45, 7) is 8.40. The number of carboxylic acid groups (broad SMARTS) is 1. The van der Waals surface area contributed by atoms with Crippen molar-refractivity contribution in [3.8, 4) is 0 Å². The Morgan fingerprint density at radius 1 is 1.60 bits per heavy atom. The highest BCUT2D eigenvalue weighted by molar-refractivity contribution is 7.17. The number of rotatable bonds is 5.